The number of hydrogen-bond acceptors (Lipinski definition) is 8. The highest BCUT2D eigenvalue weighted by Gasteiger charge is 2.40. The molecule has 0 saturated heterocycles. The first-order valence-corrected chi connectivity index (χ1v) is 7.96. The van der Waals surface area contributed by atoms with Crippen molar-refractivity contribution in [3.8, 4) is 11.5 Å². The van der Waals surface area contributed by atoms with Crippen molar-refractivity contribution in [3.05, 3.63) is 57.4 Å². The maximum absolute atomic E-state index is 13.4. The predicted octanol–water partition coefficient (Wildman–Crippen LogP) is 2.75. The fourth-order valence-electron chi connectivity index (χ4n) is 2.91. The summed E-state index contributed by atoms with van der Waals surface area (Å²) in [6.45, 7) is 0. The second-order valence-corrected chi connectivity index (χ2v) is 5.75. The van der Waals surface area contributed by atoms with Crippen LogP contribution in [0.3, 0.4) is 0 Å². The van der Waals surface area contributed by atoms with Gasteiger partial charge in [-0.05, 0) is 12.1 Å². The van der Waals surface area contributed by atoms with Gasteiger partial charge in [-0.1, -0.05) is 6.07 Å². The normalized spacial score (nSPS) is 16.6. The maximum atomic E-state index is 13.4. The maximum Gasteiger partial charge on any atom is 0.433 e. The van der Waals surface area contributed by atoms with Crippen LogP contribution in [-0.2, 0) is 11.0 Å². The molecule has 0 amide bonds. The summed E-state index contributed by atoms with van der Waals surface area (Å²) in [6.07, 6.45) is -5.62. The molecule has 0 radical (unpaired) electrons. The summed E-state index contributed by atoms with van der Waals surface area (Å²) in [4.78, 5) is 18.9. The molecule has 0 spiro atoms. The molecule has 12 heteroatoms. The third-order valence-corrected chi connectivity index (χ3v) is 4.10. The lowest BCUT2D eigenvalue weighted by molar-refractivity contribution is -0.385. The molecule has 1 aromatic heterocycles. The number of ether oxygens (including phenoxy) is 2. The topological polar surface area (TPSA) is 116 Å². The monoisotopic (exact) mass is 413 g/mol. The Morgan fingerprint density at radius 1 is 1.31 bits per heavy atom. The molecule has 154 valence electrons. The number of aliphatic hydroxyl groups is 1. The zero-order chi connectivity index (χ0) is 21.3. The number of nitrogens with one attached hydrogen (secondary N) is 1. The Morgan fingerprint density at radius 2 is 2.03 bits per heavy atom. The summed E-state index contributed by atoms with van der Waals surface area (Å²) in [5.74, 6) is -0.200. The summed E-state index contributed by atoms with van der Waals surface area (Å²) in [5.41, 5.74) is -0.205. The molecular formula is C17H14F3N3O6. The van der Waals surface area contributed by atoms with E-state index in [1.807, 2.05) is 0 Å². The van der Waals surface area contributed by atoms with Gasteiger partial charge < -0.3 is 14.6 Å². The Balaban J connectivity index is 2.29. The van der Waals surface area contributed by atoms with Gasteiger partial charge in [0.25, 0.3) is 0 Å². The van der Waals surface area contributed by atoms with Crippen molar-refractivity contribution in [1.82, 2.24) is 10.5 Å². The minimum Gasteiger partial charge on any atom is -0.493 e. The highest BCUT2D eigenvalue weighted by molar-refractivity contribution is 5.94. The van der Waals surface area contributed by atoms with E-state index < -0.39 is 34.3 Å². The Kier molecular flexibility index (Phi) is 5.31. The Bertz CT molecular complexity index is 993. The summed E-state index contributed by atoms with van der Waals surface area (Å²) in [6, 6.07) is 4.74. The van der Waals surface area contributed by atoms with Crippen molar-refractivity contribution in [2.24, 2.45) is 0 Å². The summed E-state index contributed by atoms with van der Waals surface area (Å²) >= 11 is 0. The van der Waals surface area contributed by atoms with Crippen molar-refractivity contribution < 1.29 is 37.5 Å². The van der Waals surface area contributed by atoms with Crippen molar-refractivity contribution in [1.29, 1.82) is 0 Å². The lowest BCUT2D eigenvalue weighted by atomic mass is 9.97. The molecule has 3 rings (SSSR count). The number of hydrogen-bond donors (Lipinski definition) is 2. The van der Waals surface area contributed by atoms with Crippen LogP contribution in [0, 0.1) is 10.1 Å². The summed E-state index contributed by atoms with van der Waals surface area (Å²) in [5, 5.41) is 21.6. The van der Waals surface area contributed by atoms with Crippen LogP contribution in [0.4, 0.5) is 18.9 Å². The predicted molar refractivity (Wildman–Crippen MR) is 92.5 cm³/mol. The fourth-order valence-corrected chi connectivity index (χ4v) is 2.91. The van der Waals surface area contributed by atoms with E-state index in [0.29, 0.717) is 0 Å². The van der Waals surface area contributed by atoms with Gasteiger partial charge in [-0.15, -0.1) is 0 Å². The molecule has 1 aromatic carbocycles. The Labute approximate surface area is 161 Å². The molecule has 9 nitrogen and oxygen atoms in total. The number of alkyl halides is 3. The highest BCUT2D eigenvalue weighted by atomic mass is 19.4. The summed E-state index contributed by atoms with van der Waals surface area (Å²) in [7, 11) is 2.46. The van der Waals surface area contributed by atoms with Gasteiger partial charge in [-0.2, -0.15) is 13.2 Å². The minimum absolute atomic E-state index is 0.0334. The molecule has 1 aliphatic heterocycles. The van der Waals surface area contributed by atoms with Crippen LogP contribution in [-0.4, -0.2) is 35.5 Å². The van der Waals surface area contributed by atoms with Gasteiger partial charge in [0.1, 0.15) is 0 Å². The van der Waals surface area contributed by atoms with Crippen molar-refractivity contribution in [2.75, 3.05) is 14.2 Å². The second-order valence-electron chi connectivity index (χ2n) is 5.75. The number of rotatable bonds is 5. The zero-order valence-corrected chi connectivity index (χ0v) is 15.0. The van der Waals surface area contributed by atoms with Gasteiger partial charge >= 0.3 is 11.9 Å². The average Bonchev–Trinajstić information content (AvgIpc) is 3.07. The first-order valence-electron chi connectivity index (χ1n) is 7.96. The van der Waals surface area contributed by atoms with E-state index in [1.165, 1.54) is 26.4 Å². The number of nitro benzene ring substituents is 1. The lowest BCUT2D eigenvalue weighted by Gasteiger charge is -2.15. The molecule has 0 bridgehead atoms. The molecule has 2 heterocycles. The third-order valence-electron chi connectivity index (χ3n) is 4.10. The van der Waals surface area contributed by atoms with Crippen LogP contribution in [0.25, 0.3) is 11.3 Å². The minimum atomic E-state index is -4.80. The first-order chi connectivity index (χ1) is 13.7. The van der Waals surface area contributed by atoms with Crippen LogP contribution >= 0.6 is 0 Å². The number of nitrogens with zero attached hydrogens (tertiary/aromatic N) is 2. The molecule has 1 unspecified atom stereocenters. The number of aromatic nitrogens is 1. The number of halogens is 3. The molecule has 0 saturated carbocycles. The SMILES string of the molecule is COc1cc(C2=C(c3cccnc3C(F)(F)F)C(O)ON2)cc([N+](=O)[O-])c1OC. The van der Waals surface area contributed by atoms with Gasteiger partial charge in [0.15, 0.2) is 11.4 Å². The number of aliphatic hydroxyl groups excluding tert-OH is 1. The van der Waals surface area contributed by atoms with Gasteiger partial charge in [0.2, 0.25) is 12.0 Å². The molecule has 0 fully saturated rings. The summed E-state index contributed by atoms with van der Waals surface area (Å²) < 4.78 is 50.3. The van der Waals surface area contributed by atoms with E-state index in [9.17, 15) is 28.4 Å². The van der Waals surface area contributed by atoms with Crippen molar-refractivity contribution in [3.63, 3.8) is 0 Å². The van der Waals surface area contributed by atoms with E-state index >= 15 is 0 Å². The van der Waals surface area contributed by atoms with E-state index in [0.717, 1.165) is 18.3 Å². The molecule has 2 N–H and O–H groups in total. The second kappa shape index (κ2) is 7.56. The van der Waals surface area contributed by atoms with Crippen LogP contribution in [0.5, 0.6) is 11.5 Å². The number of pyridine rings is 1. The zero-order valence-electron chi connectivity index (χ0n) is 15.0. The standard InChI is InChI=1S/C17H14F3N3O6/c1-27-11-7-8(6-10(23(25)26)14(11)28-2)13-12(16(24)29-22-13)9-4-3-5-21-15(9)17(18,19)20/h3-7,16,22,24H,1-2H3. The molecule has 0 aliphatic carbocycles. The van der Waals surface area contributed by atoms with Gasteiger partial charge in [0, 0.05) is 29.0 Å². The molecule has 1 atom stereocenters. The van der Waals surface area contributed by atoms with E-state index in [-0.39, 0.29) is 28.3 Å². The number of benzene rings is 1. The fraction of sp³-hybridized carbons (Fsp3) is 0.235. The van der Waals surface area contributed by atoms with Crippen LogP contribution in [0.2, 0.25) is 0 Å². The smallest absolute Gasteiger partial charge is 0.433 e. The van der Waals surface area contributed by atoms with E-state index in [4.69, 9.17) is 14.3 Å². The van der Waals surface area contributed by atoms with Gasteiger partial charge in [0.05, 0.1) is 24.8 Å². The van der Waals surface area contributed by atoms with E-state index in [2.05, 4.69) is 10.5 Å². The van der Waals surface area contributed by atoms with Crippen LogP contribution in [0.1, 0.15) is 16.8 Å². The molecule has 2 aromatic rings. The largest absolute Gasteiger partial charge is 0.493 e. The van der Waals surface area contributed by atoms with Crippen molar-refractivity contribution >= 4 is 17.0 Å². The lowest BCUT2D eigenvalue weighted by Crippen LogP contribution is -2.16. The quantitative estimate of drug-likeness (QED) is 0.568. The molecule has 1 aliphatic rings. The Hall–Kier alpha value is -3.38. The number of methoxy groups -OCH3 is 2. The molecular weight excluding hydrogens is 399 g/mol. The number of nitro groups is 1. The van der Waals surface area contributed by atoms with E-state index in [1.54, 1.807) is 0 Å². The first kappa shape index (κ1) is 20.4. The van der Waals surface area contributed by atoms with Crippen LogP contribution in [0.15, 0.2) is 30.5 Å². The van der Waals surface area contributed by atoms with Crippen molar-refractivity contribution in [2.45, 2.75) is 12.5 Å². The molecule has 29 heavy (non-hydrogen) atoms. The van der Waals surface area contributed by atoms with Gasteiger partial charge in [-0.3, -0.25) is 20.6 Å². The van der Waals surface area contributed by atoms with Crippen LogP contribution < -0.4 is 15.0 Å². The average molecular weight is 413 g/mol. The third kappa shape index (κ3) is 3.67. The Morgan fingerprint density at radius 3 is 2.62 bits per heavy atom. The highest BCUT2D eigenvalue weighted by Crippen LogP contribution is 2.43. The van der Waals surface area contributed by atoms with Gasteiger partial charge in [-0.25, -0.2) is 4.84 Å². The number of hydroxylamine groups is 1.